The lowest BCUT2D eigenvalue weighted by Gasteiger charge is -2.11. The molecule has 0 aliphatic rings. The summed E-state index contributed by atoms with van der Waals surface area (Å²) in [5.74, 6) is 1.79. The van der Waals surface area contributed by atoms with Crippen LogP contribution in [0.3, 0.4) is 0 Å². The smallest absolute Gasteiger partial charge is 0.164 e. The first-order chi connectivity index (χ1) is 25.7. The van der Waals surface area contributed by atoms with Gasteiger partial charge in [0.25, 0.3) is 0 Å². The highest BCUT2D eigenvalue weighted by Crippen LogP contribution is 2.39. The molecule has 0 saturated heterocycles. The predicted molar refractivity (Wildman–Crippen MR) is 211 cm³/mol. The number of aromatic nitrogens is 3. The molecule has 0 N–H and O–H groups in total. The van der Waals surface area contributed by atoms with Gasteiger partial charge in [0, 0.05) is 38.2 Å². The number of nitrogens with zero attached hydrogens (tertiary/aromatic N) is 3. The Balaban J connectivity index is 1.13. The van der Waals surface area contributed by atoms with Crippen LogP contribution >= 0.6 is 0 Å². The van der Waals surface area contributed by atoms with E-state index in [0.717, 1.165) is 87.7 Å². The van der Waals surface area contributed by atoms with E-state index in [-0.39, 0.29) is 0 Å². The monoisotopic (exact) mass is 665 g/mol. The van der Waals surface area contributed by atoms with Gasteiger partial charge in [-0.25, -0.2) is 15.0 Å². The van der Waals surface area contributed by atoms with Crippen LogP contribution in [-0.2, 0) is 0 Å². The Morgan fingerprint density at radius 3 is 1.63 bits per heavy atom. The van der Waals surface area contributed by atoms with Crippen LogP contribution in [0.25, 0.3) is 111 Å². The molecule has 0 bridgehead atoms. The van der Waals surface area contributed by atoms with Crippen molar-refractivity contribution in [2.75, 3.05) is 0 Å². The van der Waals surface area contributed by atoms with Crippen molar-refractivity contribution in [3.63, 3.8) is 0 Å². The Labute approximate surface area is 297 Å². The third-order valence-corrected chi connectivity index (χ3v) is 10.1. The van der Waals surface area contributed by atoms with E-state index in [4.69, 9.17) is 23.8 Å². The Bertz CT molecular complexity index is 3190. The maximum Gasteiger partial charge on any atom is 0.164 e. The predicted octanol–water partition coefficient (Wildman–Crippen LogP) is 12.6. The summed E-state index contributed by atoms with van der Waals surface area (Å²) in [6.45, 7) is 0. The molecule has 0 saturated carbocycles. The van der Waals surface area contributed by atoms with Gasteiger partial charge in [0.15, 0.2) is 17.5 Å². The summed E-state index contributed by atoms with van der Waals surface area (Å²) in [4.78, 5) is 15.5. The van der Waals surface area contributed by atoms with Crippen LogP contribution < -0.4 is 0 Å². The van der Waals surface area contributed by atoms with E-state index in [1.807, 2.05) is 48.5 Å². The molecule has 0 amide bonds. The molecule has 5 nitrogen and oxygen atoms in total. The third kappa shape index (κ3) is 4.53. The topological polar surface area (TPSA) is 65.0 Å². The molecule has 0 spiro atoms. The fourth-order valence-corrected chi connectivity index (χ4v) is 7.60. The zero-order valence-electron chi connectivity index (χ0n) is 27.7. The summed E-state index contributed by atoms with van der Waals surface area (Å²) >= 11 is 0. The first kappa shape index (κ1) is 28.7. The van der Waals surface area contributed by atoms with Gasteiger partial charge in [0.1, 0.15) is 22.3 Å². The molecule has 11 rings (SSSR count). The molecular weight excluding hydrogens is 639 g/mol. The summed E-state index contributed by atoms with van der Waals surface area (Å²) in [7, 11) is 0. The third-order valence-electron chi connectivity index (χ3n) is 10.1. The van der Waals surface area contributed by atoms with Gasteiger partial charge in [-0.05, 0) is 75.1 Å². The van der Waals surface area contributed by atoms with Gasteiger partial charge in [-0.3, -0.25) is 0 Å². The highest BCUT2D eigenvalue weighted by Gasteiger charge is 2.19. The average Bonchev–Trinajstić information content (AvgIpc) is 3.79. The van der Waals surface area contributed by atoms with Crippen molar-refractivity contribution in [1.29, 1.82) is 0 Å². The second-order valence-corrected chi connectivity index (χ2v) is 13.2. The normalized spacial score (nSPS) is 11.8. The number of benzene rings is 8. The van der Waals surface area contributed by atoms with Crippen molar-refractivity contribution < 1.29 is 8.83 Å². The second kappa shape index (κ2) is 11.2. The molecule has 0 unspecified atom stereocenters. The Kier molecular flexibility index (Phi) is 6.18. The fraction of sp³-hybridized carbons (Fsp3) is 0. The highest BCUT2D eigenvalue weighted by atomic mass is 16.3. The maximum atomic E-state index is 6.27. The Morgan fingerprint density at radius 2 is 0.865 bits per heavy atom. The van der Waals surface area contributed by atoms with E-state index < -0.39 is 0 Å². The van der Waals surface area contributed by atoms with Crippen LogP contribution in [0.4, 0.5) is 0 Å². The van der Waals surface area contributed by atoms with Crippen molar-refractivity contribution in [2.24, 2.45) is 0 Å². The Morgan fingerprint density at radius 1 is 0.308 bits per heavy atom. The molecule has 0 atom stereocenters. The molecule has 8 aromatic carbocycles. The SMILES string of the molecule is c1ccc(-c2ccc3ccc(-c4nc(-c5ccc6c(ccc7oc8ccccc8c76)c5)nc(-c5cccc6oc7ccccc7c56)n4)cc3c2)cc1. The number of hydrogen-bond acceptors (Lipinski definition) is 5. The van der Waals surface area contributed by atoms with Crippen LogP contribution in [0.2, 0.25) is 0 Å². The van der Waals surface area contributed by atoms with E-state index in [1.54, 1.807) is 0 Å². The van der Waals surface area contributed by atoms with E-state index in [1.165, 1.54) is 5.56 Å². The van der Waals surface area contributed by atoms with Gasteiger partial charge < -0.3 is 8.83 Å². The van der Waals surface area contributed by atoms with Crippen molar-refractivity contribution in [3.05, 3.63) is 164 Å². The number of fused-ring (bicyclic) bond motifs is 9. The molecule has 11 aromatic rings. The molecular formula is C47H27N3O2. The van der Waals surface area contributed by atoms with Crippen molar-refractivity contribution in [1.82, 2.24) is 15.0 Å². The maximum absolute atomic E-state index is 6.27. The minimum absolute atomic E-state index is 0.590. The van der Waals surface area contributed by atoms with Gasteiger partial charge in [-0.2, -0.15) is 0 Å². The number of hydrogen-bond donors (Lipinski definition) is 0. The number of para-hydroxylation sites is 2. The van der Waals surface area contributed by atoms with Crippen molar-refractivity contribution >= 4 is 65.4 Å². The van der Waals surface area contributed by atoms with Crippen LogP contribution in [-0.4, -0.2) is 15.0 Å². The molecule has 242 valence electrons. The number of rotatable bonds is 4. The van der Waals surface area contributed by atoms with E-state index in [0.29, 0.717) is 17.5 Å². The minimum atomic E-state index is 0.590. The summed E-state index contributed by atoms with van der Waals surface area (Å²) < 4.78 is 12.5. The van der Waals surface area contributed by atoms with Gasteiger partial charge in [-0.15, -0.1) is 0 Å². The molecule has 0 aliphatic heterocycles. The van der Waals surface area contributed by atoms with Crippen LogP contribution in [0, 0.1) is 0 Å². The van der Waals surface area contributed by atoms with Gasteiger partial charge in [0.05, 0.1) is 0 Å². The van der Waals surface area contributed by atoms with Gasteiger partial charge in [0.2, 0.25) is 0 Å². The van der Waals surface area contributed by atoms with E-state index in [2.05, 4.69) is 115 Å². The lowest BCUT2D eigenvalue weighted by atomic mass is 9.99. The largest absolute Gasteiger partial charge is 0.456 e. The van der Waals surface area contributed by atoms with Crippen LogP contribution in [0.1, 0.15) is 0 Å². The van der Waals surface area contributed by atoms with Crippen LogP contribution in [0.5, 0.6) is 0 Å². The summed E-state index contributed by atoms with van der Waals surface area (Å²) in [6.07, 6.45) is 0. The van der Waals surface area contributed by atoms with Gasteiger partial charge in [-0.1, -0.05) is 121 Å². The summed E-state index contributed by atoms with van der Waals surface area (Å²) in [5, 5.41) is 8.71. The standard InChI is InChI=1S/C47H27N3O2/c1-2-9-28(10-3-1)30-19-17-29-18-20-32(27-34(29)25-30)45-48-46(50-47(49-45)38-13-8-16-41-44(38)37-12-5-7-15-40(37)51-41)33-21-23-35-31(26-33)22-24-42-43(35)36-11-4-6-14-39(36)52-42/h1-27H. The molecule has 0 fully saturated rings. The molecule has 3 aromatic heterocycles. The molecule has 52 heavy (non-hydrogen) atoms. The summed E-state index contributed by atoms with van der Waals surface area (Å²) in [5.41, 5.74) is 8.44. The van der Waals surface area contributed by atoms with E-state index >= 15 is 0 Å². The molecule has 0 radical (unpaired) electrons. The molecule has 0 aliphatic carbocycles. The zero-order valence-corrected chi connectivity index (χ0v) is 27.7. The van der Waals surface area contributed by atoms with Crippen molar-refractivity contribution in [3.8, 4) is 45.3 Å². The molecule has 3 heterocycles. The first-order valence-electron chi connectivity index (χ1n) is 17.3. The van der Waals surface area contributed by atoms with Gasteiger partial charge >= 0.3 is 0 Å². The first-order valence-corrected chi connectivity index (χ1v) is 17.3. The number of furan rings is 2. The minimum Gasteiger partial charge on any atom is -0.456 e. The lowest BCUT2D eigenvalue weighted by molar-refractivity contribution is 0.668. The lowest BCUT2D eigenvalue weighted by Crippen LogP contribution is -2.00. The quantitative estimate of drug-likeness (QED) is 0.187. The fourth-order valence-electron chi connectivity index (χ4n) is 7.60. The zero-order chi connectivity index (χ0) is 34.2. The average molecular weight is 666 g/mol. The Hall–Kier alpha value is -7.11. The highest BCUT2D eigenvalue weighted by molar-refractivity contribution is 6.19. The van der Waals surface area contributed by atoms with Crippen LogP contribution in [0.15, 0.2) is 173 Å². The van der Waals surface area contributed by atoms with E-state index in [9.17, 15) is 0 Å². The summed E-state index contributed by atoms with van der Waals surface area (Å²) in [6, 6.07) is 56.4. The molecule has 5 heteroatoms. The van der Waals surface area contributed by atoms with Crippen molar-refractivity contribution in [2.45, 2.75) is 0 Å². The second-order valence-electron chi connectivity index (χ2n) is 13.2.